The molecule has 0 aliphatic heterocycles. The third-order valence-corrected chi connectivity index (χ3v) is 5.67. The lowest BCUT2D eigenvalue weighted by Crippen LogP contribution is -2.49. The molecule has 0 aromatic heterocycles. The third-order valence-electron chi connectivity index (χ3n) is 5.67. The number of nitrogens with two attached hydrogens (primary N) is 1. The van der Waals surface area contributed by atoms with Crippen molar-refractivity contribution in [2.75, 3.05) is 13.6 Å². The van der Waals surface area contributed by atoms with Crippen molar-refractivity contribution in [2.45, 2.75) is 76.8 Å². The van der Waals surface area contributed by atoms with Gasteiger partial charge >= 0.3 is 0 Å². The summed E-state index contributed by atoms with van der Waals surface area (Å²) in [5.74, 6) is 1.68. The van der Waals surface area contributed by atoms with Crippen LogP contribution in [-0.2, 0) is 0 Å². The summed E-state index contributed by atoms with van der Waals surface area (Å²) in [4.78, 5) is 2.69. The summed E-state index contributed by atoms with van der Waals surface area (Å²) in [5, 5.41) is 0. The second-order valence-electron chi connectivity index (χ2n) is 6.65. The summed E-state index contributed by atoms with van der Waals surface area (Å²) in [6, 6.07) is 1.50. The molecule has 2 saturated carbocycles. The molecule has 2 aliphatic carbocycles. The van der Waals surface area contributed by atoms with Gasteiger partial charge in [-0.2, -0.15) is 0 Å². The lowest BCUT2D eigenvalue weighted by molar-refractivity contribution is 0.0611. The first-order valence-electron chi connectivity index (χ1n) is 8.16. The average Bonchev–Trinajstić information content (AvgIpc) is 2.46. The number of rotatable bonds is 4. The molecule has 2 nitrogen and oxygen atoms in total. The smallest absolute Gasteiger partial charge is 0.0135 e. The average molecular weight is 252 g/mol. The van der Waals surface area contributed by atoms with Crippen LogP contribution in [0.4, 0.5) is 0 Å². The van der Waals surface area contributed by atoms with Crippen LogP contribution in [-0.4, -0.2) is 30.6 Å². The second kappa shape index (κ2) is 6.91. The van der Waals surface area contributed by atoms with E-state index in [1.807, 2.05) is 0 Å². The van der Waals surface area contributed by atoms with Crippen molar-refractivity contribution in [3.8, 4) is 0 Å². The van der Waals surface area contributed by atoms with Crippen molar-refractivity contribution in [1.29, 1.82) is 0 Å². The zero-order valence-corrected chi connectivity index (χ0v) is 12.4. The second-order valence-corrected chi connectivity index (χ2v) is 6.65. The Bertz CT molecular complexity index is 235. The van der Waals surface area contributed by atoms with Gasteiger partial charge in [0.1, 0.15) is 0 Å². The summed E-state index contributed by atoms with van der Waals surface area (Å²) in [7, 11) is 2.36. The van der Waals surface area contributed by atoms with Crippen LogP contribution in [0.1, 0.15) is 64.7 Å². The van der Waals surface area contributed by atoms with Crippen molar-refractivity contribution >= 4 is 0 Å². The summed E-state index contributed by atoms with van der Waals surface area (Å²) in [6.07, 6.45) is 12.8. The molecule has 0 aromatic rings. The van der Waals surface area contributed by atoms with Crippen molar-refractivity contribution in [3.63, 3.8) is 0 Å². The molecule has 0 saturated heterocycles. The van der Waals surface area contributed by atoms with Gasteiger partial charge < -0.3 is 10.6 Å². The Labute approximate surface area is 113 Å². The number of hydrogen-bond donors (Lipinski definition) is 1. The van der Waals surface area contributed by atoms with Crippen molar-refractivity contribution in [1.82, 2.24) is 4.90 Å². The van der Waals surface area contributed by atoms with E-state index in [-0.39, 0.29) is 0 Å². The summed E-state index contributed by atoms with van der Waals surface area (Å²) in [6.45, 7) is 3.34. The van der Waals surface area contributed by atoms with Gasteiger partial charge in [0, 0.05) is 12.1 Å². The highest BCUT2D eigenvalue weighted by Gasteiger charge is 2.32. The van der Waals surface area contributed by atoms with Gasteiger partial charge in [-0.05, 0) is 58.0 Å². The molecule has 0 bridgehead atoms. The van der Waals surface area contributed by atoms with Crippen LogP contribution in [0.2, 0.25) is 0 Å². The molecular weight excluding hydrogens is 220 g/mol. The molecule has 18 heavy (non-hydrogen) atoms. The van der Waals surface area contributed by atoms with Crippen LogP contribution in [0.15, 0.2) is 0 Å². The summed E-state index contributed by atoms with van der Waals surface area (Å²) < 4.78 is 0. The minimum atomic E-state index is 0.745. The highest BCUT2D eigenvalue weighted by molar-refractivity contribution is 4.87. The molecule has 2 aliphatic rings. The van der Waals surface area contributed by atoms with Crippen molar-refractivity contribution < 1.29 is 0 Å². The van der Waals surface area contributed by atoms with E-state index in [1.165, 1.54) is 57.8 Å². The van der Waals surface area contributed by atoms with Crippen molar-refractivity contribution in [3.05, 3.63) is 0 Å². The number of hydrogen-bond acceptors (Lipinski definition) is 2. The van der Waals surface area contributed by atoms with E-state index >= 15 is 0 Å². The summed E-state index contributed by atoms with van der Waals surface area (Å²) >= 11 is 0. The third kappa shape index (κ3) is 3.27. The van der Waals surface area contributed by atoms with Crippen LogP contribution >= 0.6 is 0 Å². The Kier molecular flexibility index (Phi) is 5.50. The fourth-order valence-corrected chi connectivity index (χ4v) is 4.25. The standard InChI is InChI=1S/C16H32N2/c1-13(14-8-4-3-5-9-14)18(2)16-11-7-6-10-15(16)12-17/h13-16H,3-12,17H2,1-2H3. The van der Waals surface area contributed by atoms with Gasteiger partial charge in [-0.15, -0.1) is 0 Å². The first kappa shape index (κ1) is 14.3. The molecule has 2 fully saturated rings. The largest absolute Gasteiger partial charge is 0.330 e. The van der Waals surface area contributed by atoms with Crippen LogP contribution < -0.4 is 5.73 Å². The maximum absolute atomic E-state index is 5.98. The number of nitrogens with zero attached hydrogens (tertiary/aromatic N) is 1. The SMILES string of the molecule is CC(C1CCCCC1)N(C)C1CCCCC1CN. The minimum absolute atomic E-state index is 0.745. The van der Waals surface area contributed by atoms with Crippen LogP contribution in [0.25, 0.3) is 0 Å². The van der Waals surface area contributed by atoms with E-state index in [1.54, 1.807) is 0 Å². The molecule has 3 atom stereocenters. The molecule has 2 heteroatoms. The Morgan fingerprint density at radius 2 is 1.61 bits per heavy atom. The fourth-order valence-electron chi connectivity index (χ4n) is 4.25. The van der Waals surface area contributed by atoms with Crippen LogP contribution in [0.5, 0.6) is 0 Å². The highest BCUT2D eigenvalue weighted by Crippen LogP contribution is 2.33. The normalized spacial score (nSPS) is 32.7. The zero-order valence-electron chi connectivity index (χ0n) is 12.4. The van der Waals surface area contributed by atoms with E-state index in [2.05, 4.69) is 18.9 Å². The van der Waals surface area contributed by atoms with Crippen LogP contribution in [0.3, 0.4) is 0 Å². The lowest BCUT2D eigenvalue weighted by atomic mass is 9.80. The Morgan fingerprint density at radius 1 is 1.00 bits per heavy atom. The van der Waals surface area contributed by atoms with E-state index < -0.39 is 0 Å². The van der Waals surface area contributed by atoms with E-state index in [9.17, 15) is 0 Å². The van der Waals surface area contributed by atoms with Crippen molar-refractivity contribution in [2.24, 2.45) is 17.6 Å². The molecule has 0 amide bonds. The maximum Gasteiger partial charge on any atom is 0.0135 e. The fraction of sp³-hybridized carbons (Fsp3) is 1.00. The molecule has 2 N–H and O–H groups in total. The van der Waals surface area contributed by atoms with Gasteiger partial charge in [0.25, 0.3) is 0 Å². The molecule has 2 rings (SSSR count). The quantitative estimate of drug-likeness (QED) is 0.831. The molecule has 0 radical (unpaired) electrons. The Morgan fingerprint density at radius 3 is 2.28 bits per heavy atom. The van der Waals surface area contributed by atoms with E-state index in [0.29, 0.717) is 0 Å². The van der Waals surface area contributed by atoms with Gasteiger partial charge in [-0.25, -0.2) is 0 Å². The van der Waals surface area contributed by atoms with Gasteiger partial charge in [0.2, 0.25) is 0 Å². The lowest BCUT2D eigenvalue weighted by Gasteiger charge is -2.44. The highest BCUT2D eigenvalue weighted by atomic mass is 15.2. The zero-order chi connectivity index (χ0) is 13.0. The maximum atomic E-state index is 5.98. The van der Waals surface area contributed by atoms with Gasteiger partial charge in [0.05, 0.1) is 0 Å². The molecular formula is C16H32N2. The first-order valence-corrected chi connectivity index (χ1v) is 8.16. The molecule has 0 aromatic carbocycles. The van der Waals surface area contributed by atoms with E-state index in [4.69, 9.17) is 5.73 Å². The topological polar surface area (TPSA) is 29.3 Å². The van der Waals surface area contributed by atoms with Crippen LogP contribution in [0, 0.1) is 11.8 Å². The molecule has 0 heterocycles. The monoisotopic (exact) mass is 252 g/mol. The predicted molar refractivity (Wildman–Crippen MR) is 78.6 cm³/mol. The van der Waals surface area contributed by atoms with Gasteiger partial charge in [-0.3, -0.25) is 0 Å². The first-order chi connectivity index (χ1) is 8.74. The molecule has 0 spiro atoms. The van der Waals surface area contributed by atoms with Gasteiger partial charge in [0.15, 0.2) is 0 Å². The van der Waals surface area contributed by atoms with E-state index in [0.717, 1.165) is 30.5 Å². The Balaban J connectivity index is 1.93. The molecule has 106 valence electrons. The predicted octanol–water partition coefficient (Wildman–Crippen LogP) is 3.40. The van der Waals surface area contributed by atoms with Gasteiger partial charge in [-0.1, -0.05) is 32.1 Å². The summed E-state index contributed by atoms with van der Waals surface area (Å²) in [5.41, 5.74) is 5.98. The molecule has 3 unspecified atom stereocenters. The Hall–Kier alpha value is -0.0800. The minimum Gasteiger partial charge on any atom is -0.330 e.